The Bertz CT molecular complexity index is 568. The highest BCUT2D eigenvalue weighted by Gasteiger charge is 2.08. The van der Waals surface area contributed by atoms with Crippen LogP contribution in [0, 0.1) is 5.82 Å². The minimum atomic E-state index is -0.332. The van der Waals surface area contributed by atoms with Gasteiger partial charge in [0.1, 0.15) is 10.8 Å². The highest BCUT2D eigenvalue weighted by atomic mass is 35.5. The molecule has 2 aromatic rings. The lowest BCUT2D eigenvalue weighted by Crippen LogP contribution is -2.17. The lowest BCUT2D eigenvalue weighted by atomic mass is 10.2. The summed E-state index contributed by atoms with van der Waals surface area (Å²) < 4.78 is 14.8. The van der Waals surface area contributed by atoms with Crippen LogP contribution in [0.3, 0.4) is 0 Å². The first-order chi connectivity index (χ1) is 8.08. The van der Waals surface area contributed by atoms with Gasteiger partial charge in [-0.2, -0.15) is 0 Å². The first-order valence-electron chi connectivity index (χ1n) is 4.83. The number of halogens is 2. The molecule has 6 heteroatoms. The monoisotopic (exact) mass is 269 g/mol. The van der Waals surface area contributed by atoms with Crippen LogP contribution in [0.5, 0.6) is 0 Å². The molecule has 2 rings (SSSR count). The lowest BCUT2D eigenvalue weighted by Gasteiger charge is -2.08. The van der Waals surface area contributed by atoms with Gasteiger partial charge in [-0.3, -0.25) is 0 Å². The number of hydrogen-bond donors (Lipinski definition) is 1. The van der Waals surface area contributed by atoms with E-state index in [0.29, 0.717) is 23.0 Å². The molecule has 1 aromatic carbocycles. The maximum absolute atomic E-state index is 13.1. The van der Waals surface area contributed by atoms with Crippen molar-refractivity contribution in [3.63, 3.8) is 0 Å². The average Bonchev–Trinajstić information content (AvgIpc) is 2.71. The van der Waals surface area contributed by atoms with Gasteiger partial charge in [-0.25, -0.2) is 9.37 Å². The Hall–Kier alpha value is -1.46. The van der Waals surface area contributed by atoms with Crippen LogP contribution in [0.1, 0.15) is 11.4 Å². The summed E-state index contributed by atoms with van der Waals surface area (Å²) in [5, 5.41) is 0.494. The standard InChI is InChI=1S/C11H9ClFN3S/c12-9-2-1-8(13)5-7(9)6-16-4-3-15-11(16)10(14)17/h1-5H,6H2,(H2,14,17). The lowest BCUT2D eigenvalue weighted by molar-refractivity contribution is 0.623. The Morgan fingerprint density at radius 3 is 3.00 bits per heavy atom. The van der Waals surface area contributed by atoms with E-state index in [9.17, 15) is 4.39 Å². The molecule has 1 heterocycles. The van der Waals surface area contributed by atoms with E-state index in [2.05, 4.69) is 4.98 Å². The topological polar surface area (TPSA) is 43.8 Å². The van der Waals surface area contributed by atoms with Crippen LogP contribution in [-0.2, 0) is 6.54 Å². The molecule has 0 saturated heterocycles. The number of hydrogen-bond acceptors (Lipinski definition) is 2. The molecule has 0 atom stereocenters. The summed E-state index contributed by atoms with van der Waals surface area (Å²) in [6.45, 7) is 0.378. The van der Waals surface area contributed by atoms with Crippen molar-refractivity contribution in [1.82, 2.24) is 9.55 Å². The molecule has 0 unspecified atom stereocenters. The number of imidazole rings is 1. The third kappa shape index (κ3) is 2.62. The molecular weight excluding hydrogens is 261 g/mol. The van der Waals surface area contributed by atoms with Gasteiger partial charge in [-0.1, -0.05) is 23.8 Å². The van der Waals surface area contributed by atoms with E-state index in [1.165, 1.54) is 18.2 Å². The molecule has 0 aliphatic heterocycles. The Kier molecular flexibility index (Phi) is 3.40. The zero-order valence-corrected chi connectivity index (χ0v) is 10.3. The molecule has 2 N–H and O–H groups in total. The Labute approximate surface area is 108 Å². The maximum atomic E-state index is 13.1. The van der Waals surface area contributed by atoms with E-state index < -0.39 is 0 Å². The summed E-state index contributed by atoms with van der Waals surface area (Å²) in [6, 6.07) is 4.21. The zero-order valence-electron chi connectivity index (χ0n) is 8.73. The van der Waals surface area contributed by atoms with Crippen LogP contribution in [0.4, 0.5) is 4.39 Å². The number of nitrogens with two attached hydrogens (primary N) is 1. The fraction of sp³-hybridized carbons (Fsp3) is 0.0909. The molecule has 88 valence electrons. The highest BCUT2D eigenvalue weighted by Crippen LogP contribution is 2.18. The molecule has 0 radical (unpaired) electrons. The van der Waals surface area contributed by atoms with E-state index >= 15 is 0 Å². The second-order valence-corrected chi connectivity index (χ2v) is 4.33. The molecule has 0 bridgehead atoms. The average molecular weight is 270 g/mol. The number of aromatic nitrogens is 2. The third-order valence-corrected chi connectivity index (χ3v) is 2.84. The van der Waals surface area contributed by atoms with Crippen LogP contribution in [0.2, 0.25) is 5.02 Å². The van der Waals surface area contributed by atoms with E-state index in [-0.39, 0.29) is 10.8 Å². The van der Waals surface area contributed by atoms with E-state index in [0.717, 1.165) is 0 Å². The van der Waals surface area contributed by atoms with Crippen LogP contribution in [0.15, 0.2) is 30.6 Å². The van der Waals surface area contributed by atoms with Gasteiger partial charge in [0, 0.05) is 17.4 Å². The fourth-order valence-electron chi connectivity index (χ4n) is 1.51. The summed E-state index contributed by atoms with van der Waals surface area (Å²) in [4.78, 5) is 4.22. The van der Waals surface area contributed by atoms with Crippen molar-refractivity contribution < 1.29 is 4.39 Å². The van der Waals surface area contributed by atoms with Gasteiger partial charge in [0.25, 0.3) is 0 Å². The smallest absolute Gasteiger partial charge is 0.167 e. The summed E-state index contributed by atoms with van der Waals surface area (Å²) >= 11 is 10.8. The molecule has 3 nitrogen and oxygen atoms in total. The van der Waals surface area contributed by atoms with E-state index in [1.807, 2.05) is 0 Å². The number of benzene rings is 1. The number of thiocarbonyl (C=S) groups is 1. The molecule has 0 saturated carbocycles. The molecular formula is C11H9ClFN3S. The number of rotatable bonds is 3. The van der Waals surface area contributed by atoms with Gasteiger partial charge in [-0.05, 0) is 23.8 Å². The second kappa shape index (κ2) is 4.81. The fourth-order valence-corrected chi connectivity index (χ4v) is 1.86. The quantitative estimate of drug-likeness (QED) is 0.870. The van der Waals surface area contributed by atoms with Crippen molar-refractivity contribution in [2.24, 2.45) is 5.73 Å². The minimum Gasteiger partial charge on any atom is -0.387 e. The molecule has 1 aromatic heterocycles. The molecule has 0 aliphatic rings. The largest absolute Gasteiger partial charge is 0.387 e. The van der Waals surface area contributed by atoms with E-state index in [1.54, 1.807) is 17.0 Å². The van der Waals surface area contributed by atoms with Crippen LogP contribution in [0.25, 0.3) is 0 Å². The van der Waals surface area contributed by atoms with Crippen LogP contribution < -0.4 is 5.73 Å². The van der Waals surface area contributed by atoms with Crippen molar-refractivity contribution in [2.45, 2.75) is 6.54 Å². The Morgan fingerprint density at radius 1 is 1.53 bits per heavy atom. The first-order valence-corrected chi connectivity index (χ1v) is 5.61. The zero-order chi connectivity index (χ0) is 12.4. The van der Waals surface area contributed by atoms with Gasteiger partial charge in [0.15, 0.2) is 5.82 Å². The normalized spacial score (nSPS) is 10.5. The van der Waals surface area contributed by atoms with Gasteiger partial charge >= 0.3 is 0 Å². The van der Waals surface area contributed by atoms with E-state index in [4.69, 9.17) is 29.6 Å². The molecule has 17 heavy (non-hydrogen) atoms. The minimum absolute atomic E-state index is 0.197. The van der Waals surface area contributed by atoms with Crippen molar-refractivity contribution >= 4 is 28.8 Å². The molecule has 0 amide bonds. The number of nitrogens with zero attached hydrogens (tertiary/aromatic N) is 2. The predicted molar refractivity (Wildman–Crippen MR) is 68.6 cm³/mol. The SMILES string of the molecule is NC(=S)c1nccn1Cc1cc(F)ccc1Cl. The Morgan fingerprint density at radius 2 is 2.29 bits per heavy atom. The maximum Gasteiger partial charge on any atom is 0.167 e. The van der Waals surface area contributed by atoms with Crippen LogP contribution >= 0.6 is 23.8 Å². The third-order valence-electron chi connectivity index (χ3n) is 2.28. The van der Waals surface area contributed by atoms with Crippen molar-refractivity contribution in [3.05, 3.63) is 52.8 Å². The second-order valence-electron chi connectivity index (χ2n) is 3.48. The summed E-state index contributed by atoms with van der Waals surface area (Å²) in [6.07, 6.45) is 3.30. The summed E-state index contributed by atoms with van der Waals surface area (Å²) in [5.41, 5.74) is 6.18. The highest BCUT2D eigenvalue weighted by molar-refractivity contribution is 7.80. The predicted octanol–water partition coefficient (Wildman–Crippen LogP) is 2.36. The summed E-state index contributed by atoms with van der Waals surface area (Å²) in [7, 11) is 0. The van der Waals surface area contributed by atoms with Crippen molar-refractivity contribution in [3.8, 4) is 0 Å². The van der Waals surface area contributed by atoms with Crippen LogP contribution in [-0.4, -0.2) is 14.5 Å². The Balaban J connectivity index is 2.34. The molecule has 0 spiro atoms. The van der Waals surface area contributed by atoms with Gasteiger partial charge in [-0.15, -0.1) is 0 Å². The molecule has 0 fully saturated rings. The molecule has 0 aliphatic carbocycles. The first kappa shape index (κ1) is 12.0. The van der Waals surface area contributed by atoms with Crippen molar-refractivity contribution in [2.75, 3.05) is 0 Å². The van der Waals surface area contributed by atoms with Gasteiger partial charge < -0.3 is 10.3 Å². The summed E-state index contributed by atoms with van der Waals surface area (Å²) in [5.74, 6) is 0.154. The van der Waals surface area contributed by atoms with Gasteiger partial charge in [0.05, 0.1) is 6.54 Å². The van der Waals surface area contributed by atoms with Crippen molar-refractivity contribution in [1.29, 1.82) is 0 Å². The van der Waals surface area contributed by atoms with Gasteiger partial charge in [0.2, 0.25) is 0 Å².